The maximum Gasteiger partial charge on any atom is 0.233 e. The van der Waals surface area contributed by atoms with Crippen LogP contribution in [0.2, 0.25) is 5.02 Å². The molecule has 0 aliphatic rings. The van der Waals surface area contributed by atoms with E-state index in [9.17, 15) is 4.39 Å². The van der Waals surface area contributed by atoms with Crippen molar-refractivity contribution in [2.75, 3.05) is 0 Å². The monoisotopic (exact) mass is 301 g/mol. The zero-order valence-electron chi connectivity index (χ0n) is 7.95. The van der Waals surface area contributed by atoms with Crippen LogP contribution < -0.4 is 4.74 Å². The second-order valence-electron chi connectivity index (χ2n) is 2.97. The first-order valence-corrected chi connectivity index (χ1v) is 5.57. The minimum Gasteiger partial charge on any atom is -0.438 e. The number of pyridine rings is 1. The van der Waals surface area contributed by atoms with Crippen LogP contribution in [0.15, 0.2) is 41.0 Å². The molecule has 0 fully saturated rings. The smallest absolute Gasteiger partial charge is 0.233 e. The minimum absolute atomic E-state index is 0.0181. The van der Waals surface area contributed by atoms with Gasteiger partial charge in [-0.2, -0.15) is 0 Å². The molecule has 5 heteroatoms. The third kappa shape index (κ3) is 2.51. The van der Waals surface area contributed by atoms with Crippen molar-refractivity contribution < 1.29 is 9.13 Å². The Kier molecular flexibility index (Phi) is 3.41. The molecule has 2 aromatic rings. The maximum atomic E-state index is 12.9. The Labute approximate surface area is 105 Å². The van der Waals surface area contributed by atoms with Crippen molar-refractivity contribution in [1.82, 2.24) is 4.98 Å². The predicted octanol–water partition coefficient (Wildman–Crippen LogP) is 4.43. The zero-order chi connectivity index (χ0) is 11.5. The molecule has 0 amide bonds. The predicted molar refractivity (Wildman–Crippen MR) is 63.4 cm³/mol. The van der Waals surface area contributed by atoms with Crippen molar-refractivity contribution in [3.8, 4) is 11.6 Å². The molecule has 0 unspecified atom stereocenters. The van der Waals surface area contributed by atoms with Gasteiger partial charge in [0, 0.05) is 12.3 Å². The molecule has 0 radical (unpaired) electrons. The molecule has 0 saturated heterocycles. The zero-order valence-corrected chi connectivity index (χ0v) is 10.3. The van der Waals surface area contributed by atoms with Gasteiger partial charge in [0.1, 0.15) is 11.6 Å². The van der Waals surface area contributed by atoms with Crippen LogP contribution in [-0.4, -0.2) is 4.98 Å². The minimum atomic E-state index is -0.478. The molecule has 0 aliphatic heterocycles. The first-order valence-electron chi connectivity index (χ1n) is 4.40. The molecular formula is C11H6BrClFNO. The summed E-state index contributed by atoms with van der Waals surface area (Å²) >= 11 is 8.92. The van der Waals surface area contributed by atoms with Gasteiger partial charge in [0.15, 0.2) is 0 Å². The number of ether oxygens (including phenoxy) is 1. The molecule has 1 heterocycles. The lowest BCUT2D eigenvalue weighted by Gasteiger charge is -2.06. The van der Waals surface area contributed by atoms with Crippen molar-refractivity contribution in [2.45, 2.75) is 0 Å². The number of hydrogen-bond acceptors (Lipinski definition) is 2. The lowest BCUT2D eigenvalue weighted by atomic mass is 10.3. The molecule has 1 aromatic heterocycles. The van der Waals surface area contributed by atoms with E-state index in [2.05, 4.69) is 20.9 Å². The molecule has 0 spiro atoms. The summed E-state index contributed by atoms with van der Waals surface area (Å²) in [6, 6.07) is 7.71. The molecule has 2 rings (SSSR count). The molecule has 0 atom stereocenters. The van der Waals surface area contributed by atoms with Gasteiger partial charge >= 0.3 is 0 Å². The number of hydrogen-bond donors (Lipinski definition) is 0. The number of nitrogens with zero attached hydrogens (tertiary/aromatic N) is 1. The van der Waals surface area contributed by atoms with Crippen LogP contribution in [-0.2, 0) is 0 Å². The highest BCUT2D eigenvalue weighted by Crippen LogP contribution is 2.29. The van der Waals surface area contributed by atoms with Crippen LogP contribution in [0.5, 0.6) is 11.6 Å². The van der Waals surface area contributed by atoms with E-state index in [1.165, 1.54) is 18.2 Å². The normalized spacial score (nSPS) is 10.2. The SMILES string of the molecule is Fc1ccc(Oc2ncccc2Br)cc1Cl. The average Bonchev–Trinajstić information content (AvgIpc) is 2.27. The maximum absolute atomic E-state index is 12.9. The van der Waals surface area contributed by atoms with Gasteiger partial charge in [0.05, 0.1) is 9.50 Å². The summed E-state index contributed by atoms with van der Waals surface area (Å²) in [4.78, 5) is 4.02. The summed E-state index contributed by atoms with van der Waals surface area (Å²) in [6.45, 7) is 0. The molecule has 1 aromatic carbocycles. The third-order valence-electron chi connectivity index (χ3n) is 1.83. The van der Waals surface area contributed by atoms with E-state index in [4.69, 9.17) is 16.3 Å². The number of benzene rings is 1. The summed E-state index contributed by atoms with van der Waals surface area (Å²) < 4.78 is 19.1. The first-order chi connectivity index (χ1) is 7.66. The van der Waals surface area contributed by atoms with E-state index < -0.39 is 5.82 Å². The van der Waals surface area contributed by atoms with Crippen molar-refractivity contribution in [3.05, 3.63) is 51.8 Å². The Morgan fingerprint density at radius 2 is 2.12 bits per heavy atom. The molecule has 2 nitrogen and oxygen atoms in total. The number of rotatable bonds is 2. The van der Waals surface area contributed by atoms with Crippen LogP contribution in [0.25, 0.3) is 0 Å². The number of aromatic nitrogens is 1. The van der Waals surface area contributed by atoms with Gasteiger partial charge in [-0.25, -0.2) is 9.37 Å². The lowest BCUT2D eigenvalue weighted by molar-refractivity contribution is 0.458. The van der Waals surface area contributed by atoms with E-state index in [-0.39, 0.29) is 5.02 Å². The van der Waals surface area contributed by atoms with E-state index in [1.54, 1.807) is 18.3 Å². The van der Waals surface area contributed by atoms with E-state index >= 15 is 0 Å². The highest BCUT2D eigenvalue weighted by molar-refractivity contribution is 9.10. The second-order valence-corrected chi connectivity index (χ2v) is 4.23. The Balaban J connectivity index is 2.28. The highest BCUT2D eigenvalue weighted by atomic mass is 79.9. The fourth-order valence-corrected chi connectivity index (χ4v) is 1.60. The largest absolute Gasteiger partial charge is 0.438 e. The van der Waals surface area contributed by atoms with Gasteiger partial charge < -0.3 is 4.74 Å². The lowest BCUT2D eigenvalue weighted by Crippen LogP contribution is -1.89. The summed E-state index contributed by atoms with van der Waals surface area (Å²) in [6.07, 6.45) is 1.60. The van der Waals surface area contributed by atoms with Gasteiger partial charge in [0.2, 0.25) is 5.88 Å². The van der Waals surface area contributed by atoms with E-state index in [1.807, 2.05) is 0 Å². The summed E-state index contributed by atoms with van der Waals surface area (Å²) in [7, 11) is 0. The van der Waals surface area contributed by atoms with Crippen LogP contribution in [0.1, 0.15) is 0 Å². The summed E-state index contributed by atoms with van der Waals surface area (Å²) in [5.74, 6) is 0.366. The van der Waals surface area contributed by atoms with Crippen LogP contribution >= 0.6 is 27.5 Å². The molecular weight excluding hydrogens is 296 g/mol. The molecule has 0 N–H and O–H groups in total. The highest BCUT2D eigenvalue weighted by Gasteiger charge is 2.05. The Morgan fingerprint density at radius 3 is 2.81 bits per heavy atom. The third-order valence-corrected chi connectivity index (χ3v) is 2.72. The van der Waals surface area contributed by atoms with Gasteiger partial charge in [-0.3, -0.25) is 0 Å². The van der Waals surface area contributed by atoms with Crippen LogP contribution in [0, 0.1) is 5.82 Å². The van der Waals surface area contributed by atoms with Crippen LogP contribution in [0.4, 0.5) is 4.39 Å². The van der Waals surface area contributed by atoms with Gasteiger partial charge in [-0.1, -0.05) is 11.6 Å². The molecule has 16 heavy (non-hydrogen) atoms. The number of halogens is 3. The first kappa shape index (κ1) is 11.4. The second kappa shape index (κ2) is 4.80. The van der Waals surface area contributed by atoms with E-state index in [0.29, 0.717) is 11.6 Å². The van der Waals surface area contributed by atoms with Gasteiger partial charge in [0.25, 0.3) is 0 Å². The summed E-state index contributed by atoms with van der Waals surface area (Å²) in [5.41, 5.74) is 0. The quantitative estimate of drug-likeness (QED) is 0.819. The van der Waals surface area contributed by atoms with Crippen molar-refractivity contribution in [3.63, 3.8) is 0 Å². The fraction of sp³-hybridized carbons (Fsp3) is 0. The molecule has 82 valence electrons. The van der Waals surface area contributed by atoms with Crippen molar-refractivity contribution in [2.24, 2.45) is 0 Å². The van der Waals surface area contributed by atoms with Crippen molar-refractivity contribution >= 4 is 27.5 Å². The molecule has 0 aliphatic carbocycles. The Bertz CT molecular complexity index is 521. The fourth-order valence-electron chi connectivity index (χ4n) is 1.10. The Hall–Kier alpha value is -1.13. The summed E-state index contributed by atoms with van der Waals surface area (Å²) in [5, 5.41) is 0.0181. The van der Waals surface area contributed by atoms with Crippen molar-refractivity contribution in [1.29, 1.82) is 0 Å². The molecule has 0 bridgehead atoms. The molecule has 0 saturated carbocycles. The van der Waals surface area contributed by atoms with E-state index in [0.717, 1.165) is 4.47 Å². The van der Waals surface area contributed by atoms with Gasteiger partial charge in [-0.05, 0) is 40.2 Å². The Morgan fingerprint density at radius 1 is 1.31 bits per heavy atom. The standard InChI is InChI=1S/C11H6BrClFNO/c12-8-2-1-5-15-11(8)16-7-3-4-10(14)9(13)6-7/h1-6H. The average molecular weight is 303 g/mol. The topological polar surface area (TPSA) is 22.1 Å². The van der Waals surface area contributed by atoms with Crippen LogP contribution in [0.3, 0.4) is 0 Å². The van der Waals surface area contributed by atoms with Gasteiger partial charge in [-0.15, -0.1) is 0 Å².